The maximum absolute atomic E-state index is 11.6. The minimum absolute atomic E-state index is 0.140. The summed E-state index contributed by atoms with van der Waals surface area (Å²) in [6.07, 6.45) is 0. The number of benzene rings is 1. The van der Waals surface area contributed by atoms with E-state index < -0.39 is 0 Å². The monoisotopic (exact) mass is 392 g/mol. The second kappa shape index (κ2) is 6.06. The number of amides is 2. The van der Waals surface area contributed by atoms with Gasteiger partial charge in [-0.05, 0) is 40.8 Å². The smallest absolute Gasteiger partial charge is 0.319 e. The molecule has 0 saturated carbocycles. The van der Waals surface area contributed by atoms with Gasteiger partial charge in [-0.15, -0.1) is 5.10 Å². The van der Waals surface area contributed by atoms with Gasteiger partial charge in [-0.3, -0.25) is 5.10 Å². The predicted octanol–water partition coefficient (Wildman–Crippen LogP) is 1.97. The van der Waals surface area contributed by atoms with E-state index in [1.165, 1.54) is 0 Å². The van der Waals surface area contributed by atoms with Crippen LogP contribution < -0.4 is 16.4 Å². The van der Waals surface area contributed by atoms with Crippen LogP contribution in [0.2, 0.25) is 5.02 Å². The summed E-state index contributed by atoms with van der Waals surface area (Å²) in [5.74, 6) is 0.620. The third-order valence-electron chi connectivity index (χ3n) is 2.14. The quantitative estimate of drug-likeness (QED) is 0.599. The highest BCUT2D eigenvalue weighted by Gasteiger charge is 2.05. The van der Waals surface area contributed by atoms with Gasteiger partial charge in [0.25, 0.3) is 0 Å². The van der Waals surface area contributed by atoms with Gasteiger partial charge in [0.15, 0.2) is 0 Å². The van der Waals surface area contributed by atoms with Crippen LogP contribution in [0.15, 0.2) is 18.2 Å². The molecule has 1 aromatic heterocycles. The Morgan fingerprint density at radius 2 is 2.32 bits per heavy atom. The SMILES string of the molecule is Nc1n[nH]c(CNC(=O)Nc2ccc(I)c(Cl)c2)n1. The number of halogens is 2. The summed E-state index contributed by atoms with van der Waals surface area (Å²) in [5.41, 5.74) is 5.95. The van der Waals surface area contributed by atoms with Crippen molar-refractivity contribution < 1.29 is 4.79 Å². The Kier molecular flexibility index (Phi) is 4.43. The van der Waals surface area contributed by atoms with Gasteiger partial charge in [0.2, 0.25) is 5.95 Å². The number of H-pyrrole nitrogens is 1. The Morgan fingerprint density at radius 3 is 2.95 bits per heavy atom. The zero-order valence-corrected chi connectivity index (χ0v) is 12.5. The van der Waals surface area contributed by atoms with Crippen LogP contribution in [0.1, 0.15) is 5.82 Å². The lowest BCUT2D eigenvalue weighted by Gasteiger charge is -2.07. The van der Waals surface area contributed by atoms with Gasteiger partial charge in [0, 0.05) is 9.26 Å². The lowest BCUT2D eigenvalue weighted by molar-refractivity contribution is 0.251. The third-order valence-corrected chi connectivity index (χ3v) is 3.72. The minimum Gasteiger partial charge on any atom is -0.367 e. The number of nitrogens with one attached hydrogen (secondary N) is 3. The molecule has 100 valence electrons. The molecule has 1 heterocycles. The van der Waals surface area contributed by atoms with Crippen molar-refractivity contribution in [3.8, 4) is 0 Å². The standard InChI is InChI=1S/C10H10ClIN6O/c11-6-3-5(1-2-7(6)12)15-10(19)14-4-8-16-9(13)18-17-8/h1-3H,4H2,(H2,14,15,19)(H3,13,16,17,18). The molecule has 2 amide bonds. The van der Waals surface area contributed by atoms with Crippen LogP contribution in [-0.4, -0.2) is 21.2 Å². The van der Waals surface area contributed by atoms with Crippen LogP contribution in [0.4, 0.5) is 16.4 Å². The number of aromatic nitrogens is 3. The molecule has 0 aliphatic rings. The maximum Gasteiger partial charge on any atom is 0.319 e. The van der Waals surface area contributed by atoms with E-state index in [4.69, 9.17) is 17.3 Å². The average molecular weight is 393 g/mol. The second-order valence-corrected chi connectivity index (χ2v) is 5.15. The van der Waals surface area contributed by atoms with Crippen LogP contribution in [0.5, 0.6) is 0 Å². The van der Waals surface area contributed by atoms with Crippen molar-refractivity contribution >= 4 is 51.9 Å². The number of nitrogen functional groups attached to an aromatic ring is 1. The van der Waals surface area contributed by atoms with Crippen molar-refractivity contribution in [2.24, 2.45) is 0 Å². The zero-order valence-electron chi connectivity index (χ0n) is 9.58. The Balaban J connectivity index is 1.88. The molecule has 0 unspecified atom stereocenters. The van der Waals surface area contributed by atoms with Crippen molar-refractivity contribution in [3.63, 3.8) is 0 Å². The van der Waals surface area contributed by atoms with Crippen LogP contribution in [0.3, 0.4) is 0 Å². The summed E-state index contributed by atoms with van der Waals surface area (Å²) < 4.78 is 0.919. The molecule has 0 saturated heterocycles. The Hall–Kier alpha value is -1.55. The molecule has 0 atom stereocenters. The van der Waals surface area contributed by atoms with Gasteiger partial charge in [-0.1, -0.05) is 11.6 Å². The third kappa shape index (κ3) is 3.96. The number of rotatable bonds is 3. The van der Waals surface area contributed by atoms with E-state index in [1.807, 2.05) is 6.07 Å². The van der Waals surface area contributed by atoms with Gasteiger partial charge >= 0.3 is 6.03 Å². The highest BCUT2D eigenvalue weighted by molar-refractivity contribution is 14.1. The number of aromatic amines is 1. The topological polar surface area (TPSA) is 109 Å². The maximum atomic E-state index is 11.6. The molecule has 2 aromatic rings. The average Bonchev–Trinajstić information content (AvgIpc) is 2.77. The number of carbonyl (C=O) groups excluding carboxylic acids is 1. The Morgan fingerprint density at radius 1 is 1.53 bits per heavy atom. The second-order valence-electron chi connectivity index (χ2n) is 3.58. The van der Waals surface area contributed by atoms with E-state index in [2.05, 4.69) is 48.4 Å². The van der Waals surface area contributed by atoms with Crippen molar-refractivity contribution in [3.05, 3.63) is 32.6 Å². The Bertz CT molecular complexity index is 601. The van der Waals surface area contributed by atoms with E-state index in [-0.39, 0.29) is 18.5 Å². The molecule has 1 aromatic carbocycles. The number of nitrogens with zero attached hydrogens (tertiary/aromatic N) is 2. The van der Waals surface area contributed by atoms with Crippen LogP contribution in [0, 0.1) is 3.57 Å². The van der Waals surface area contributed by atoms with Crippen molar-refractivity contribution in [2.45, 2.75) is 6.54 Å². The number of hydrogen-bond donors (Lipinski definition) is 4. The highest BCUT2D eigenvalue weighted by atomic mass is 127. The molecule has 9 heteroatoms. The zero-order chi connectivity index (χ0) is 13.8. The van der Waals surface area contributed by atoms with Crippen LogP contribution in [0.25, 0.3) is 0 Å². The van der Waals surface area contributed by atoms with Crippen LogP contribution in [-0.2, 0) is 6.54 Å². The van der Waals surface area contributed by atoms with E-state index in [0.29, 0.717) is 16.5 Å². The minimum atomic E-state index is -0.368. The van der Waals surface area contributed by atoms with Gasteiger partial charge in [-0.25, -0.2) is 4.79 Å². The molecular weight excluding hydrogens is 383 g/mol. The summed E-state index contributed by atoms with van der Waals surface area (Å²) in [7, 11) is 0. The fourth-order valence-electron chi connectivity index (χ4n) is 1.30. The van der Waals surface area contributed by atoms with E-state index in [0.717, 1.165) is 3.57 Å². The summed E-state index contributed by atoms with van der Waals surface area (Å²) in [6.45, 7) is 0.203. The fraction of sp³-hybridized carbons (Fsp3) is 0.100. The summed E-state index contributed by atoms with van der Waals surface area (Å²) in [6, 6.07) is 4.89. The van der Waals surface area contributed by atoms with E-state index >= 15 is 0 Å². The van der Waals surface area contributed by atoms with Gasteiger partial charge in [0.05, 0.1) is 11.6 Å². The summed E-state index contributed by atoms with van der Waals surface area (Å²) >= 11 is 8.07. The predicted molar refractivity (Wildman–Crippen MR) is 80.8 cm³/mol. The first-order valence-electron chi connectivity index (χ1n) is 5.21. The molecule has 0 fully saturated rings. The molecule has 0 aliphatic carbocycles. The van der Waals surface area contributed by atoms with Gasteiger partial charge < -0.3 is 16.4 Å². The van der Waals surface area contributed by atoms with Crippen molar-refractivity contribution in [1.29, 1.82) is 0 Å². The number of anilines is 2. The van der Waals surface area contributed by atoms with Gasteiger partial charge in [0.1, 0.15) is 5.82 Å². The summed E-state index contributed by atoms with van der Waals surface area (Å²) in [4.78, 5) is 15.5. The first kappa shape index (κ1) is 13.9. The first-order chi connectivity index (χ1) is 9.04. The molecule has 5 N–H and O–H groups in total. The van der Waals surface area contributed by atoms with Crippen molar-refractivity contribution in [2.75, 3.05) is 11.1 Å². The number of hydrogen-bond acceptors (Lipinski definition) is 4. The molecule has 0 aliphatic heterocycles. The molecule has 0 bridgehead atoms. The normalized spacial score (nSPS) is 10.2. The van der Waals surface area contributed by atoms with Crippen molar-refractivity contribution in [1.82, 2.24) is 20.5 Å². The van der Waals surface area contributed by atoms with E-state index in [9.17, 15) is 4.79 Å². The number of nitrogens with two attached hydrogens (primary N) is 1. The number of carbonyl (C=O) groups is 1. The fourth-order valence-corrected chi connectivity index (χ4v) is 1.82. The molecular formula is C10H10ClIN6O. The largest absolute Gasteiger partial charge is 0.367 e. The molecule has 2 rings (SSSR count). The molecule has 7 nitrogen and oxygen atoms in total. The lowest BCUT2D eigenvalue weighted by atomic mass is 10.3. The van der Waals surface area contributed by atoms with Gasteiger partial charge in [-0.2, -0.15) is 4.98 Å². The van der Waals surface area contributed by atoms with Crippen LogP contribution >= 0.6 is 34.2 Å². The highest BCUT2D eigenvalue weighted by Crippen LogP contribution is 2.22. The summed E-state index contributed by atoms with van der Waals surface area (Å²) in [5, 5.41) is 12.1. The molecule has 0 spiro atoms. The first-order valence-corrected chi connectivity index (χ1v) is 6.67. The molecule has 0 radical (unpaired) electrons. The molecule has 19 heavy (non-hydrogen) atoms. The van der Waals surface area contributed by atoms with E-state index in [1.54, 1.807) is 12.1 Å². The lowest BCUT2D eigenvalue weighted by Crippen LogP contribution is -2.28. The number of urea groups is 1. The Labute approximate surface area is 127 Å².